The molecule has 0 aromatic heterocycles. The molecule has 0 heterocycles. The number of hydrogen-bond donors (Lipinski definition) is 3. The average molecular weight is 338 g/mol. The third-order valence-corrected chi connectivity index (χ3v) is 5.77. The van der Waals surface area contributed by atoms with E-state index in [2.05, 4.69) is 6.08 Å². The minimum absolute atomic E-state index is 0.0603. The lowest BCUT2D eigenvalue weighted by atomic mass is 9.83. The van der Waals surface area contributed by atoms with Crippen LogP contribution in [0.15, 0.2) is 12.2 Å². The Kier molecular flexibility index (Phi) is 8.43. The minimum atomic E-state index is -0.561. The average Bonchev–Trinajstić information content (AvgIpc) is 2.83. The summed E-state index contributed by atoms with van der Waals surface area (Å²) in [6.07, 6.45) is 13.6. The van der Waals surface area contributed by atoms with Gasteiger partial charge in [-0.2, -0.15) is 0 Å². The largest absolute Gasteiger partial charge is 0.396 e. The molecule has 0 amide bonds. The van der Waals surface area contributed by atoms with Crippen molar-refractivity contribution in [3.63, 3.8) is 0 Å². The van der Waals surface area contributed by atoms with E-state index >= 15 is 0 Å². The SMILES string of the molecule is O=C1C[C@@H](O)[C@H](C=CC2CCCC[C@H]2O)[C@H]1CCCCCCCO. The Hall–Kier alpha value is -0.710. The second-order valence-electron chi connectivity index (χ2n) is 7.60. The van der Waals surface area contributed by atoms with Gasteiger partial charge in [0.2, 0.25) is 0 Å². The Labute approximate surface area is 146 Å². The van der Waals surface area contributed by atoms with Crippen molar-refractivity contribution in [3.05, 3.63) is 12.2 Å². The Morgan fingerprint density at radius 1 is 0.917 bits per heavy atom. The van der Waals surface area contributed by atoms with Gasteiger partial charge in [0.15, 0.2) is 0 Å². The molecule has 2 rings (SSSR count). The fourth-order valence-corrected chi connectivity index (χ4v) is 4.23. The van der Waals surface area contributed by atoms with Gasteiger partial charge in [-0.3, -0.25) is 4.79 Å². The second-order valence-corrected chi connectivity index (χ2v) is 7.60. The number of Topliss-reactive ketones (excluding diaryl/α,β-unsaturated/α-hetero) is 1. The molecule has 2 fully saturated rings. The lowest BCUT2D eigenvalue weighted by molar-refractivity contribution is -0.121. The van der Waals surface area contributed by atoms with E-state index < -0.39 is 6.10 Å². The summed E-state index contributed by atoms with van der Waals surface area (Å²) in [5.41, 5.74) is 0. The number of carbonyl (C=O) groups excluding carboxylic acids is 1. The minimum Gasteiger partial charge on any atom is -0.396 e. The van der Waals surface area contributed by atoms with Crippen LogP contribution in [0.3, 0.4) is 0 Å². The van der Waals surface area contributed by atoms with E-state index in [1.807, 2.05) is 6.08 Å². The molecule has 4 nitrogen and oxygen atoms in total. The maximum Gasteiger partial charge on any atom is 0.139 e. The molecule has 0 spiro atoms. The fourth-order valence-electron chi connectivity index (χ4n) is 4.23. The molecule has 2 aliphatic rings. The van der Waals surface area contributed by atoms with Crippen molar-refractivity contribution in [2.45, 2.75) is 82.8 Å². The van der Waals surface area contributed by atoms with Crippen LogP contribution in [0, 0.1) is 17.8 Å². The highest BCUT2D eigenvalue weighted by Crippen LogP contribution is 2.35. The molecule has 0 aromatic carbocycles. The zero-order valence-corrected chi connectivity index (χ0v) is 14.8. The van der Waals surface area contributed by atoms with Crippen LogP contribution in [0.25, 0.3) is 0 Å². The number of carbonyl (C=O) groups is 1. The van der Waals surface area contributed by atoms with Crippen molar-refractivity contribution in [1.82, 2.24) is 0 Å². The van der Waals surface area contributed by atoms with Crippen molar-refractivity contribution in [2.24, 2.45) is 17.8 Å². The van der Waals surface area contributed by atoms with Crippen LogP contribution in [0.1, 0.15) is 70.6 Å². The monoisotopic (exact) mass is 338 g/mol. The van der Waals surface area contributed by atoms with Crippen molar-refractivity contribution in [1.29, 1.82) is 0 Å². The molecule has 138 valence electrons. The van der Waals surface area contributed by atoms with E-state index in [-0.39, 0.29) is 42.7 Å². The van der Waals surface area contributed by atoms with Crippen LogP contribution < -0.4 is 0 Å². The van der Waals surface area contributed by atoms with Gasteiger partial charge in [0, 0.05) is 30.8 Å². The van der Waals surface area contributed by atoms with E-state index in [1.54, 1.807) is 0 Å². The third kappa shape index (κ3) is 5.68. The Bertz CT molecular complexity index is 406. The van der Waals surface area contributed by atoms with Gasteiger partial charge in [0.05, 0.1) is 12.2 Å². The first-order valence-electron chi connectivity index (χ1n) is 9.81. The van der Waals surface area contributed by atoms with Crippen molar-refractivity contribution in [2.75, 3.05) is 6.61 Å². The molecule has 3 N–H and O–H groups in total. The summed E-state index contributed by atoms with van der Waals surface area (Å²) in [6, 6.07) is 0. The Morgan fingerprint density at radius 3 is 2.38 bits per heavy atom. The Morgan fingerprint density at radius 2 is 1.62 bits per heavy atom. The predicted molar refractivity (Wildman–Crippen MR) is 94.5 cm³/mol. The topological polar surface area (TPSA) is 77.8 Å². The van der Waals surface area contributed by atoms with E-state index in [1.165, 1.54) is 0 Å². The predicted octanol–water partition coefficient (Wildman–Crippen LogP) is 2.99. The van der Waals surface area contributed by atoms with Crippen LogP contribution >= 0.6 is 0 Å². The first-order chi connectivity index (χ1) is 11.6. The molecular formula is C20H34O4. The summed E-state index contributed by atoms with van der Waals surface area (Å²) in [4.78, 5) is 12.2. The standard InChI is InChI=1S/C20H34O4/c21-13-7-3-1-2-4-9-16-17(20(24)14-19(16)23)12-11-15-8-5-6-10-18(15)22/h11-12,15-18,20-22,24H,1-10,13-14H2/t15?,16-,17-,18-,20-/m1/s1. The molecule has 0 saturated heterocycles. The highest BCUT2D eigenvalue weighted by Gasteiger charge is 2.39. The van der Waals surface area contributed by atoms with Gasteiger partial charge in [-0.15, -0.1) is 0 Å². The van der Waals surface area contributed by atoms with E-state index in [9.17, 15) is 15.0 Å². The van der Waals surface area contributed by atoms with Crippen LogP contribution in [0.2, 0.25) is 0 Å². The molecule has 2 aliphatic carbocycles. The lowest BCUT2D eigenvalue weighted by Gasteiger charge is -2.26. The molecule has 0 bridgehead atoms. The van der Waals surface area contributed by atoms with Gasteiger partial charge < -0.3 is 15.3 Å². The summed E-state index contributed by atoms with van der Waals surface area (Å²) in [7, 11) is 0. The number of aliphatic hydroxyl groups excluding tert-OH is 3. The molecule has 4 heteroatoms. The van der Waals surface area contributed by atoms with Gasteiger partial charge in [-0.05, 0) is 25.7 Å². The van der Waals surface area contributed by atoms with Crippen LogP contribution in [-0.4, -0.2) is 39.9 Å². The van der Waals surface area contributed by atoms with Gasteiger partial charge in [0.1, 0.15) is 5.78 Å². The van der Waals surface area contributed by atoms with Gasteiger partial charge in [-0.25, -0.2) is 0 Å². The van der Waals surface area contributed by atoms with Crippen molar-refractivity contribution < 1.29 is 20.1 Å². The second kappa shape index (κ2) is 10.3. The molecule has 0 radical (unpaired) electrons. The molecule has 1 unspecified atom stereocenters. The van der Waals surface area contributed by atoms with Crippen molar-refractivity contribution >= 4 is 5.78 Å². The van der Waals surface area contributed by atoms with Crippen LogP contribution in [0.5, 0.6) is 0 Å². The summed E-state index contributed by atoms with van der Waals surface area (Å²) in [6.45, 7) is 0.257. The quantitative estimate of drug-likeness (QED) is 0.446. The van der Waals surface area contributed by atoms with Gasteiger partial charge >= 0.3 is 0 Å². The van der Waals surface area contributed by atoms with Crippen molar-refractivity contribution in [3.8, 4) is 0 Å². The highest BCUT2D eigenvalue weighted by molar-refractivity contribution is 5.84. The summed E-state index contributed by atoms with van der Waals surface area (Å²) >= 11 is 0. The number of ketones is 1. The van der Waals surface area contributed by atoms with Gasteiger partial charge in [0.25, 0.3) is 0 Å². The molecule has 2 saturated carbocycles. The van der Waals surface area contributed by atoms with E-state index in [0.29, 0.717) is 0 Å². The molecular weight excluding hydrogens is 304 g/mol. The fraction of sp³-hybridized carbons (Fsp3) is 0.850. The van der Waals surface area contributed by atoms with Crippen LogP contribution in [0.4, 0.5) is 0 Å². The third-order valence-electron chi connectivity index (χ3n) is 5.77. The lowest BCUT2D eigenvalue weighted by Crippen LogP contribution is -2.24. The number of unbranched alkanes of at least 4 members (excludes halogenated alkanes) is 4. The Balaban J connectivity index is 1.82. The number of hydrogen-bond acceptors (Lipinski definition) is 4. The molecule has 24 heavy (non-hydrogen) atoms. The zero-order valence-electron chi connectivity index (χ0n) is 14.8. The maximum absolute atomic E-state index is 12.2. The maximum atomic E-state index is 12.2. The smallest absolute Gasteiger partial charge is 0.139 e. The highest BCUT2D eigenvalue weighted by atomic mass is 16.3. The van der Waals surface area contributed by atoms with E-state index in [4.69, 9.17) is 5.11 Å². The molecule has 0 aromatic rings. The molecule has 5 atom stereocenters. The summed E-state index contributed by atoms with van der Waals surface area (Å²) in [5, 5.41) is 29.1. The zero-order chi connectivity index (χ0) is 17.4. The number of rotatable bonds is 9. The first kappa shape index (κ1) is 19.6. The van der Waals surface area contributed by atoms with Crippen LogP contribution in [-0.2, 0) is 4.79 Å². The van der Waals surface area contributed by atoms with E-state index in [0.717, 1.165) is 64.2 Å². The first-order valence-corrected chi connectivity index (χ1v) is 9.81. The van der Waals surface area contributed by atoms with Gasteiger partial charge in [-0.1, -0.05) is 50.7 Å². The molecule has 0 aliphatic heterocycles. The summed E-state index contributed by atoms with van der Waals surface area (Å²) < 4.78 is 0. The number of aliphatic hydroxyl groups is 3. The summed E-state index contributed by atoms with van der Waals surface area (Å²) in [5.74, 6) is 0.233. The normalized spacial score (nSPS) is 34.3.